The van der Waals surface area contributed by atoms with Gasteiger partial charge in [0.05, 0.1) is 6.61 Å². The van der Waals surface area contributed by atoms with Gasteiger partial charge in [-0.05, 0) is 30.9 Å². The van der Waals surface area contributed by atoms with Crippen molar-refractivity contribution < 1.29 is 14.6 Å². The van der Waals surface area contributed by atoms with Crippen molar-refractivity contribution in [2.24, 2.45) is 0 Å². The Hall–Kier alpha value is -1.89. The normalized spacial score (nSPS) is 23.8. The number of hydrogen-bond acceptors (Lipinski definition) is 4. The van der Waals surface area contributed by atoms with E-state index in [1.165, 1.54) is 27.7 Å². The second kappa shape index (κ2) is 7.26. The van der Waals surface area contributed by atoms with E-state index in [4.69, 9.17) is 4.74 Å². The van der Waals surface area contributed by atoms with Crippen molar-refractivity contribution in [3.63, 3.8) is 0 Å². The summed E-state index contributed by atoms with van der Waals surface area (Å²) in [7, 11) is 1.63. The number of rotatable bonds is 5. The highest BCUT2D eigenvalue weighted by molar-refractivity contribution is 5.88. The average molecular weight is 371 g/mol. The Morgan fingerprint density at radius 1 is 1.33 bits per heavy atom. The number of benzene rings is 1. The van der Waals surface area contributed by atoms with Crippen LogP contribution in [0.5, 0.6) is 0 Å². The predicted octanol–water partition coefficient (Wildman–Crippen LogP) is 1.83. The van der Waals surface area contributed by atoms with E-state index < -0.39 is 5.60 Å². The molecule has 1 aromatic carbocycles. The number of aromatic nitrogens is 1. The fraction of sp³-hybridized carbons (Fsp3) is 0.571. The highest BCUT2D eigenvalue weighted by Gasteiger charge is 2.43. The van der Waals surface area contributed by atoms with E-state index in [0.717, 1.165) is 25.9 Å². The Balaban J connectivity index is 1.51. The maximum atomic E-state index is 12.9. The smallest absolute Gasteiger partial charge is 0.255 e. The number of aryl methyl sites for hydroxylation is 1. The summed E-state index contributed by atoms with van der Waals surface area (Å²) in [5, 5.41) is 12.4. The average Bonchev–Trinajstić information content (AvgIpc) is 3.03. The van der Waals surface area contributed by atoms with Crippen LogP contribution in [0, 0.1) is 6.92 Å². The molecule has 2 aliphatic heterocycles. The molecule has 2 aliphatic rings. The summed E-state index contributed by atoms with van der Waals surface area (Å²) in [6.07, 6.45) is 2.28. The first-order valence-electron chi connectivity index (χ1n) is 9.84. The standard InChI is InChI=1S/C21H29N3O3/c1-15-5-3-6-16-17-13-23(10-7-18(17)22-19(15)16)14-21(26)8-4-9-24(20(21)25)11-12-27-2/h3,5-6,22,26H,4,7-14H2,1-2H3. The highest BCUT2D eigenvalue weighted by atomic mass is 16.5. The Morgan fingerprint density at radius 3 is 3.00 bits per heavy atom. The van der Waals surface area contributed by atoms with Gasteiger partial charge in [-0.2, -0.15) is 0 Å². The maximum Gasteiger partial charge on any atom is 0.255 e. The molecule has 1 amide bonds. The van der Waals surface area contributed by atoms with E-state index >= 15 is 0 Å². The number of carbonyl (C=O) groups is 1. The van der Waals surface area contributed by atoms with Crippen molar-refractivity contribution in [2.75, 3.05) is 39.9 Å². The summed E-state index contributed by atoms with van der Waals surface area (Å²) in [6.45, 7) is 5.90. The number of nitrogens with one attached hydrogen (secondary N) is 1. The van der Waals surface area contributed by atoms with E-state index in [2.05, 4.69) is 35.0 Å². The first kappa shape index (κ1) is 18.5. The molecule has 1 saturated heterocycles. The Morgan fingerprint density at radius 2 is 2.19 bits per heavy atom. The van der Waals surface area contributed by atoms with Gasteiger partial charge in [0.1, 0.15) is 0 Å². The van der Waals surface area contributed by atoms with Crippen LogP contribution >= 0.6 is 0 Å². The lowest BCUT2D eigenvalue weighted by Gasteiger charge is -2.41. The molecule has 4 rings (SSSR count). The van der Waals surface area contributed by atoms with Gasteiger partial charge in [0, 0.05) is 62.9 Å². The zero-order valence-electron chi connectivity index (χ0n) is 16.3. The number of para-hydroxylation sites is 1. The molecule has 3 heterocycles. The molecule has 1 fully saturated rings. The van der Waals surface area contributed by atoms with Crippen LogP contribution in [-0.4, -0.2) is 71.3 Å². The van der Waals surface area contributed by atoms with Gasteiger partial charge in [-0.15, -0.1) is 0 Å². The van der Waals surface area contributed by atoms with E-state index in [9.17, 15) is 9.90 Å². The van der Waals surface area contributed by atoms with Crippen LogP contribution in [0.1, 0.15) is 29.7 Å². The molecule has 0 radical (unpaired) electrons. The van der Waals surface area contributed by atoms with Crippen LogP contribution in [-0.2, 0) is 22.5 Å². The van der Waals surface area contributed by atoms with E-state index in [0.29, 0.717) is 32.7 Å². The Labute approximate surface area is 160 Å². The fourth-order valence-corrected chi connectivity index (χ4v) is 4.57. The topological polar surface area (TPSA) is 68.8 Å². The highest BCUT2D eigenvalue weighted by Crippen LogP contribution is 2.31. The van der Waals surface area contributed by atoms with Gasteiger partial charge in [0.2, 0.25) is 0 Å². The van der Waals surface area contributed by atoms with Crippen LogP contribution in [0.4, 0.5) is 0 Å². The molecule has 1 unspecified atom stereocenters. The van der Waals surface area contributed by atoms with Crippen LogP contribution in [0.3, 0.4) is 0 Å². The zero-order valence-corrected chi connectivity index (χ0v) is 16.3. The minimum atomic E-state index is -1.29. The fourth-order valence-electron chi connectivity index (χ4n) is 4.57. The molecule has 2 aromatic rings. The zero-order chi connectivity index (χ0) is 19.0. The minimum absolute atomic E-state index is 0.147. The number of methoxy groups -OCH3 is 1. The van der Waals surface area contributed by atoms with Gasteiger partial charge in [0.25, 0.3) is 5.91 Å². The van der Waals surface area contributed by atoms with Crippen molar-refractivity contribution >= 4 is 16.8 Å². The number of likely N-dealkylation sites (tertiary alicyclic amines) is 1. The summed E-state index contributed by atoms with van der Waals surface area (Å²) in [5.41, 5.74) is 3.78. The number of nitrogens with zero attached hydrogens (tertiary/aromatic N) is 2. The number of aromatic amines is 1. The summed E-state index contributed by atoms with van der Waals surface area (Å²) >= 11 is 0. The number of carbonyl (C=O) groups excluding carboxylic acids is 1. The van der Waals surface area contributed by atoms with Crippen molar-refractivity contribution in [3.05, 3.63) is 35.0 Å². The molecule has 146 valence electrons. The van der Waals surface area contributed by atoms with Crippen LogP contribution in [0.15, 0.2) is 18.2 Å². The number of aliphatic hydroxyl groups is 1. The summed E-state index contributed by atoms with van der Waals surface area (Å²) < 4.78 is 5.10. The van der Waals surface area contributed by atoms with Gasteiger partial charge in [-0.1, -0.05) is 18.2 Å². The molecule has 0 spiro atoms. The third-order valence-corrected chi connectivity index (χ3v) is 6.05. The molecular weight excluding hydrogens is 342 g/mol. The number of H-pyrrole nitrogens is 1. The second-order valence-electron chi connectivity index (χ2n) is 7.96. The van der Waals surface area contributed by atoms with Crippen molar-refractivity contribution in [3.8, 4) is 0 Å². The lowest BCUT2D eigenvalue weighted by Crippen LogP contribution is -2.59. The molecule has 6 heteroatoms. The molecule has 1 atom stereocenters. The van der Waals surface area contributed by atoms with Crippen molar-refractivity contribution in [2.45, 2.75) is 38.3 Å². The maximum absolute atomic E-state index is 12.9. The quantitative estimate of drug-likeness (QED) is 0.841. The minimum Gasteiger partial charge on any atom is -0.383 e. The number of piperidine rings is 1. The first-order chi connectivity index (χ1) is 13.0. The van der Waals surface area contributed by atoms with Gasteiger partial charge >= 0.3 is 0 Å². The lowest BCUT2D eigenvalue weighted by molar-refractivity contribution is -0.160. The lowest BCUT2D eigenvalue weighted by atomic mass is 9.90. The molecular formula is C21H29N3O3. The monoisotopic (exact) mass is 371 g/mol. The number of amides is 1. The number of β-amino-alcohol motifs (C(OH)–C–C–N with tert-alkyl or cyclic N) is 1. The van der Waals surface area contributed by atoms with Crippen molar-refractivity contribution in [1.82, 2.24) is 14.8 Å². The van der Waals surface area contributed by atoms with E-state index in [1.54, 1.807) is 12.0 Å². The van der Waals surface area contributed by atoms with Crippen LogP contribution in [0.2, 0.25) is 0 Å². The Kier molecular flexibility index (Phi) is 4.97. The third-order valence-electron chi connectivity index (χ3n) is 6.05. The predicted molar refractivity (Wildman–Crippen MR) is 105 cm³/mol. The van der Waals surface area contributed by atoms with Crippen LogP contribution in [0.25, 0.3) is 10.9 Å². The molecule has 0 aliphatic carbocycles. The Bertz CT molecular complexity index is 847. The molecule has 6 nitrogen and oxygen atoms in total. The van der Waals surface area contributed by atoms with Gasteiger partial charge in [-0.3, -0.25) is 9.69 Å². The van der Waals surface area contributed by atoms with E-state index in [1.807, 2.05) is 0 Å². The largest absolute Gasteiger partial charge is 0.383 e. The molecule has 0 bridgehead atoms. The molecule has 27 heavy (non-hydrogen) atoms. The second-order valence-corrected chi connectivity index (χ2v) is 7.96. The van der Waals surface area contributed by atoms with Crippen molar-refractivity contribution in [1.29, 1.82) is 0 Å². The van der Waals surface area contributed by atoms with Gasteiger partial charge in [0.15, 0.2) is 5.60 Å². The summed E-state index contributed by atoms with van der Waals surface area (Å²) in [5.74, 6) is -0.147. The summed E-state index contributed by atoms with van der Waals surface area (Å²) in [4.78, 5) is 20.4. The van der Waals surface area contributed by atoms with Gasteiger partial charge < -0.3 is 19.7 Å². The third kappa shape index (κ3) is 3.37. The number of ether oxygens (including phenoxy) is 1. The first-order valence-corrected chi connectivity index (χ1v) is 9.84. The summed E-state index contributed by atoms with van der Waals surface area (Å²) in [6, 6.07) is 6.38. The number of hydrogen-bond donors (Lipinski definition) is 2. The molecule has 1 aromatic heterocycles. The van der Waals surface area contributed by atoms with Gasteiger partial charge in [-0.25, -0.2) is 0 Å². The SMILES string of the molecule is COCCN1CCCC(O)(CN2CCc3[nH]c4c(C)cccc4c3C2)C1=O. The number of fused-ring (bicyclic) bond motifs is 3. The molecule has 0 saturated carbocycles. The molecule has 2 N–H and O–H groups in total. The van der Waals surface area contributed by atoms with Crippen LogP contribution < -0.4 is 0 Å². The van der Waals surface area contributed by atoms with E-state index in [-0.39, 0.29) is 5.91 Å².